The van der Waals surface area contributed by atoms with Gasteiger partial charge in [0.15, 0.2) is 0 Å². The number of carbonyl (C=O) groups is 2. The first-order chi connectivity index (χ1) is 14.3. The van der Waals surface area contributed by atoms with E-state index >= 15 is 0 Å². The molecule has 3 aromatic rings. The number of sulfonamides is 1. The Morgan fingerprint density at radius 2 is 1.67 bits per heavy atom. The highest BCUT2D eigenvalue weighted by Crippen LogP contribution is 2.43. The van der Waals surface area contributed by atoms with Gasteiger partial charge in [0.25, 0.3) is 15.9 Å². The van der Waals surface area contributed by atoms with Crippen LogP contribution in [-0.4, -0.2) is 26.8 Å². The minimum atomic E-state index is -4.06. The Morgan fingerprint density at radius 3 is 2.43 bits per heavy atom. The van der Waals surface area contributed by atoms with Crippen molar-refractivity contribution in [2.24, 2.45) is 5.73 Å². The minimum Gasteiger partial charge on any atom is -0.366 e. The minimum absolute atomic E-state index is 0.0200. The fourth-order valence-corrected chi connectivity index (χ4v) is 5.05. The average molecular weight is 425 g/mol. The predicted octanol–water partition coefficient (Wildman–Crippen LogP) is 2.74. The van der Waals surface area contributed by atoms with E-state index < -0.39 is 34.2 Å². The van der Waals surface area contributed by atoms with Gasteiger partial charge in [-0.05, 0) is 36.4 Å². The molecule has 3 N–H and O–H groups in total. The molecule has 0 spiro atoms. The Balaban J connectivity index is 1.73. The van der Waals surface area contributed by atoms with Crippen LogP contribution in [0.15, 0.2) is 71.6 Å². The maximum atomic E-state index is 13.9. The summed E-state index contributed by atoms with van der Waals surface area (Å²) in [5, 5.41) is 2.52. The van der Waals surface area contributed by atoms with Crippen LogP contribution in [0.3, 0.4) is 0 Å². The first-order valence-corrected chi connectivity index (χ1v) is 10.3. The predicted molar refractivity (Wildman–Crippen MR) is 110 cm³/mol. The van der Waals surface area contributed by atoms with E-state index in [1.165, 1.54) is 30.3 Å². The first kappa shape index (κ1) is 19.6. The van der Waals surface area contributed by atoms with E-state index in [2.05, 4.69) is 5.32 Å². The van der Waals surface area contributed by atoms with Crippen LogP contribution in [0.5, 0.6) is 0 Å². The SMILES string of the molecule is NC(=O)c1ccccc1NC(=O)CN1c2ccc(F)cc2-c2ccccc2S1(=O)=O. The summed E-state index contributed by atoms with van der Waals surface area (Å²) < 4.78 is 41.2. The third kappa shape index (κ3) is 3.29. The van der Waals surface area contributed by atoms with Gasteiger partial charge >= 0.3 is 0 Å². The number of para-hydroxylation sites is 1. The highest BCUT2D eigenvalue weighted by Gasteiger charge is 2.36. The zero-order valence-electron chi connectivity index (χ0n) is 15.5. The van der Waals surface area contributed by atoms with Gasteiger partial charge in [0, 0.05) is 11.1 Å². The van der Waals surface area contributed by atoms with E-state index in [-0.39, 0.29) is 21.8 Å². The van der Waals surface area contributed by atoms with Crippen LogP contribution in [0.1, 0.15) is 10.4 Å². The number of hydrogen-bond acceptors (Lipinski definition) is 4. The van der Waals surface area contributed by atoms with Crippen molar-refractivity contribution in [1.82, 2.24) is 0 Å². The summed E-state index contributed by atoms with van der Waals surface area (Å²) in [5.41, 5.74) is 6.50. The lowest BCUT2D eigenvalue weighted by Crippen LogP contribution is -2.40. The van der Waals surface area contributed by atoms with Crippen molar-refractivity contribution in [3.05, 3.63) is 78.1 Å². The summed E-state index contributed by atoms with van der Waals surface area (Å²) in [6, 6.07) is 16.0. The number of halogens is 1. The lowest BCUT2D eigenvalue weighted by Gasteiger charge is -2.31. The maximum absolute atomic E-state index is 13.9. The molecule has 1 heterocycles. The summed E-state index contributed by atoms with van der Waals surface area (Å²) in [6.07, 6.45) is 0. The zero-order valence-corrected chi connectivity index (χ0v) is 16.3. The summed E-state index contributed by atoms with van der Waals surface area (Å²) in [7, 11) is -4.06. The summed E-state index contributed by atoms with van der Waals surface area (Å²) in [4.78, 5) is 24.2. The number of rotatable bonds is 4. The number of hydrogen-bond donors (Lipinski definition) is 2. The Hall–Kier alpha value is -3.72. The Bertz CT molecular complexity index is 1290. The molecule has 2 amide bonds. The highest BCUT2D eigenvalue weighted by molar-refractivity contribution is 7.93. The normalized spacial score (nSPS) is 13.8. The van der Waals surface area contributed by atoms with E-state index in [9.17, 15) is 22.4 Å². The molecular weight excluding hydrogens is 409 g/mol. The van der Waals surface area contributed by atoms with Crippen LogP contribution in [0.2, 0.25) is 0 Å². The van der Waals surface area contributed by atoms with Crippen molar-refractivity contribution in [3.63, 3.8) is 0 Å². The molecule has 0 saturated carbocycles. The molecule has 0 fully saturated rings. The standard InChI is InChI=1S/C21H16FN3O4S/c22-13-9-10-18-16(11-13)14-5-2-4-8-19(14)30(28,29)25(18)12-20(26)24-17-7-3-1-6-15(17)21(23)27/h1-11H,12H2,(H2,23,27)(H,24,26). The molecular formula is C21H16FN3O4S. The van der Waals surface area contributed by atoms with Crippen molar-refractivity contribution in [1.29, 1.82) is 0 Å². The number of fused-ring (bicyclic) bond motifs is 3. The second-order valence-electron chi connectivity index (χ2n) is 6.63. The van der Waals surface area contributed by atoms with E-state index in [0.29, 0.717) is 11.1 Å². The lowest BCUT2D eigenvalue weighted by atomic mass is 10.0. The van der Waals surface area contributed by atoms with Gasteiger partial charge in [-0.2, -0.15) is 0 Å². The molecule has 0 aromatic heterocycles. The van der Waals surface area contributed by atoms with Crippen LogP contribution < -0.4 is 15.4 Å². The van der Waals surface area contributed by atoms with Crippen LogP contribution in [0.25, 0.3) is 11.1 Å². The number of primary amides is 1. The Morgan fingerprint density at radius 1 is 0.967 bits per heavy atom. The fourth-order valence-electron chi connectivity index (χ4n) is 3.40. The monoisotopic (exact) mass is 425 g/mol. The van der Waals surface area contributed by atoms with Gasteiger partial charge in [0.2, 0.25) is 5.91 Å². The number of anilines is 2. The molecule has 0 radical (unpaired) electrons. The molecule has 3 aromatic carbocycles. The zero-order chi connectivity index (χ0) is 21.5. The molecule has 1 aliphatic heterocycles. The molecule has 0 atom stereocenters. The molecule has 9 heteroatoms. The van der Waals surface area contributed by atoms with Crippen LogP contribution in [-0.2, 0) is 14.8 Å². The maximum Gasteiger partial charge on any atom is 0.265 e. The Kier molecular flexibility index (Phi) is 4.75. The highest BCUT2D eigenvalue weighted by atomic mass is 32.2. The molecule has 1 aliphatic rings. The smallest absolute Gasteiger partial charge is 0.265 e. The van der Waals surface area contributed by atoms with E-state index in [1.54, 1.807) is 30.3 Å². The second kappa shape index (κ2) is 7.27. The van der Waals surface area contributed by atoms with Crippen molar-refractivity contribution in [2.45, 2.75) is 4.90 Å². The largest absolute Gasteiger partial charge is 0.366 e. The van der Waals surface area contributed by atoms with Gasteiger partial charge in [0.05, 0.1) is 21.8 Å². The van der Waals surface area contributed by atoms with Gasteiger partial charge in [-0.3, -0.25) is 13.9 Å². The molecule has 0 aliphatic carbocycles. The molecule has 0 bridgehead atoms. The van der Waals surface area contributed by atoms with Crippen LogP contribution in [0.4, 0.5) is 15.8 Å². The lowest BCUT2D eigenvalue weighted by molar-refractivity contribution is -0.114. The average Bonchev–Trinajstić information content (AvgIpc) is 2.71. The molecule has 0 saturated heterocycles. The van der Waals surface area contributed by atoms with Crippen molar-refractivity contribution >= 4 is 33.2 Å². The molecule has 152 valence electrons. The molecule has 7 nitrogen and oxygen atoms in total. The van der Waals surface area contributed by atoms with Crippen LogP contribution >= 0.6 is 0 Å². The second-order valence-corrected chi connectivity index (χ2v) is 8.46. The number of nitrogens with two attached hydrogens (primary N) is 1. The van der Waals surface area contributed by atoms with Crippen LogP contribution in [0, 0.1) is 5.82 Å². The van der Waals surface area contributed by atoms with E-state index in [1.807, 2.05) is 0 Å². The number of benzene rings is 3. The number of nitrogens with zero attached hydrogens (tertiary/aromatic N) is 1. The molecule has 30 heavy (non-hydrogen) atoms. The van der Waals surface area contributed by atoms with Gasteiger partial charge < -0.3 is 11.1 Å². The summed E-state index contributed by atoms with van der Waals surface area (Å²) >= 11 is 0. The van der Waals surface area contributed by atoms with Gasteiger partial charge in [-0.1, -0.05) is 30.3 Å². The quantitative estimate of drug-likeness (QED) is 0.670. The van der Waals surface area contributed by atoms with Gasteiger partial charge in [-0.15, -0.1) is 0 Å². The topological polar surface area (TPSA) is 110 Å². The third-order valence-corrected chi connectivity index (χ3v) is 6.54. The number of nitrogens with one attached hydrogen (secondary N) is 1. The number of carbonyl (C=O) groups excluding carboxylic acids is 2. The molecule has 4 rings (SSSR count). The van der Waals surface area contributed by atoms with Crippen molar-refractivity contribution in [2.75, 3.05) is 16.2 Å². The van der Waals surface area contributed by atoms with Gasteiger partial charge in [0.1, 0.15) is 12.4 Å². The van der Waals surface area contributed by atoms with Crippen molar-refractivity contribution in [3.8, 4) is 11.1 Å². The summed E-state index contributed by atoms with van der Waals surface area (Å²) in [5.74, 6) is -1.93. The van der Waals surface area contributed by atoms with Crippen molar-refractivity contribution < 1.29 is 22.4 Å². The Labute approximate surface area is 172 Å². The summed E-state index contributed by atoms with van der Waals surface area (Å²) in [6.45, 7) is -0.567. The van der Waals surface area contributed by atoms with E-state index in [4.69, 9.17) is 5.73 Å². The first-order valence-electron chi connectivity index (χ1n) is 8.89. The number of amides is 2. The third-order valence-electron chi connectivity index (χ3n) is 4.73. The fraction of sp³-hybridized carbons (Fsp3) is 0.0476. The van der Waals surface area contributed by atoms with E-state index in [0.717, 1.165) is 10.4 Å². The van der Waals surface area contributed by atoms with Gasteiger partial charge in [-0.25, -0.2) is 12.8 Å². The molecule has 0 unspecified atom stereocenters.